The van der Waals surface area contributed by atoms with Crippen molar-refractivity contribution >= 4 is 23.3 Å². The zero-order valence-corrected chi connectivity index (χ0v) is 14.4. The second kappa shape index (κ2) is 6.89. The molecule has 0 unspecified atom stereocenters. The van der Waals surface area contributed by atoms with Gasteiger partial charge in [-0.1, -0.05) is 12.1 Å². The zero-order valence-electron chi connectivity index (χ0n) is 14.4. The molecular weight excluding hydrogens is 316 g/mol. The first kappa shape index (κ1) is 16.9. The first-order valence-electron chi connectivity index (χ1n) is 8.40. The van der Waals surface area contributed by atoms with Crippen molar-refractivity contribution in [3.05, 3.63) is 65.2 Å². The Hall–Kier alpha value is -2.95. The molecule has 0 spiro atoms. The van der Waals surface area contributed by atoms with Crippen molar-refractivity contribution in [2.45, 2.75) is 13.8 Å². The highest BCUT2D eigenvalue weighted by molar-refractivity contribution is 6.23. The van der Waals surface area contributed by atoms with Crippen LogP contribution in [0, 0.1) is 0 Å². The highest BCUT2D eigenvalue weighted by Gasteiger charge is 2.36. The summed E-state index contributed by atoms with van der Waals surface area (Å²) in [4.78, 5) is 40.4. The standard InChI is InChI=1S/C20H20N2O3/c1-3-21(4-2)15-11-9-14(10-12-15)18(23)13-22-19(24)16-7-5-6-8-17(16)20(22)25/h5-12H,3-4,13H2,1-2H3. The molecule has 5 heteroatoms. The number of imide groups is 1. The molecule has 0 fully saturated rings. The number of benzene rings is 2. The van der Waals surface area contributed by atoms with Crippen LogP contribution < -0.4 is 4.90 Å². The van der Waals surface area contributed by atoms with E-state index in [1.807, 2.05) is 12.1 Å². The van der Waals surface area contributed by atoms with Gasteiger partial charge in [0.25, 0.3) is 11.8 Å². The van der Waals surface area contributed by atoms with E-state index in [1.165, 1.54) is 0 Å². The molecule has 2 aromatic carbocycles. The number of carbonyl (C=O) groups excluding carboxylic acids is 3. The number of hydrogen-bond acceptors (Lipinski definition) is 4. The molecule has 0 radical (unpaired) electrons. The fourth-order valence-corrected chi connectivity index (χ4v) is 3.06. The summed E-state index contributed by atoms with van der Waals surface area (Å²) in [7, 11) is 0. The molecule has 128 valence electrons. The largest absolute Gasteiger partial charge is 0.372 e. The Morgan fingerprint density at radius 3 is 1.88 bits per heavy atom. The maximum atomic E-state index is 12.5. The second-order valence-electron chi connectivity index (χ2n) is 5.88. The van der Waals surface area contributed by atoms with Crippen LogP contribution in [0.3, 0.4) is 0 Å². The van der Waals surface area contributed by atoms with Gasteiger partial charge in [-0.05, 0) is 50.2 Å². The SMILES string of the molecule is CCN(CC)c1ccc(C(=O)CN2C(=O)c3ccccc3C2=O)cc1. The maximum Gasteiger partial charge on any atom is 0.261 e. The molecule has 0 saturated heterocycles. The monoisotopic (exact) mass is 336 g/mol. The highest BCUT2D eigenvalue weighted by atomic mass is 16.2. The number of anilines is 1. The van der Waals surface area contributed by atoms with E-state index in [0.717, 1.165) is 23.7 Å². The van der Waals surface area contributed by atoms with Gasteiger partial charge in [0, 0.05) is 24.3 Å². The molecule has 1 aliphatic rings. The lowest BCUT2D eigenvalue weighted by Gasteiger charge is -2.21. The first-order chi connectivity index (χ1) is 12.1. The van der Waals surface area contributed by atoms with Crippen molar-refractivity contribution in [3.8, 4) is 0 Å². The smallest absolute Gasteiger partial charge is 0.261 e. The summed E-state index contributed by atoms with van der Waals surface area (Å²) in [5.74, 6) is -1.07. The van der Waals surface area contributed by atoms with Gasteiger partial charge in [0.15, 0.2) is 5.78 Å². The van der Waals surface area contributed by atoms with Gasteiger partial charge in [-0.15, -0.1) is 0 Å². The number of Topliss-reactive ketones (excluding diaryl/α,β-unsaturated/α-hetero) is 1. The zero-order chi connectivity index (χ0) is 18.0. The van der Waals surface area contributed by atoms with E-state index < -0.39 is 11.8 Å². The fourth-order valence-electron chi connectivity index (χ4n) is 3.06. The molecule has 0 saturated carbocycles. The van der Waals surface area contributed by atoms with Gasteiger partial charge in [-0.25, -0.2) is 0 Å². The van der Waals surface area contributed by atoms with E-state index in [-0.39, 0.29) is 12.3 Å². The van der Waals surface area contributed by atoms with Crippen LogP contribution in [0.2, 0.25) is 0 Å². The van der Waals surface area contributed by atoms with E-state index >= 15 is 0 Å². The number of carbonyl (C=O) groups is 3. The molecule has 0 atom stereocenters. The van der Waals surface area contributed by atoms with Crippen LogP contribution in [0.25, 0.3) is 0 Å². The summed E-state index contributed by atoms with van der Waals surface area (Å²) in [6, 6.07) is 13.9. The van der Waals surface area contributed by atoms with Crippen molar-refractivity contribution in [3.63, 3.8) is 0 Å². The number of amides is 2. The van der Waals surface area contributed by atoms with Crippen LogP contribution in [0.15, 0.2) is 48.5 Å². The fraction of sp³-hybridized carbons (Fsp3) is 0.250. The first-order valence-corrected chi connectivity index (χ1v) is 8.40. The van der Waals surface area contributed by atoms with Crippen molar-refractivity contribution in [2.24, 2.45) is 0 Å². The molecule has 0 bridgehead atoms. The molecule has 0 N–H and O–H groups in total. The van der Waals surface area contributed by atoms with Gasteiger partial charge >= 0.3 is 0 Å². The van der Waals surface area contributed by atoms with Crippen LogP contribution in [-0.2, 0) is 0 Å². The molecule has 0 aliphatic carbocycles. The molecule has 0 aromatic heterocycles. The highest BCUT2D eigenvalue weighted by Crippen LogP contribution is 2.23. The van der Waals surface area contributed by atoms with Gasteiger partial charge in [-0.3, -0.25) is 19.3 Å². The average Bonchev–Trinajstić information content (AvgIpc) is 2.88. The van der Waals surface area contributed by atoms with E-state index in [2.05, 4.69) is 18.7 Å². The minimum absolute atomic E-state index is 0.239. The molecule has 3 rings (SSSR count). The second-order valence-corrected chi connectivity index (χ2v) is 5.88. The topological polar surface area (TPSA) is 57.7 Å². The molecule has 1 heterocycles. The van der Waals surface area contributed by atoms with Gasteiger partial charge in [0.2, 0.25) is 0 Å². The van der Waals surface area contributed by atoms with Crippen molar-refractivity contribution in [2.75, 3.05) is 24.5 Å². The third-order valence-electron chi connectivity index (χ3n) is 4.50. The summed E-state index contributed by atoms with van der Waals surface area (Å²) in [5.41, 5.74) is 2.25. The summed E-state index contributed by atoms with van der Waals surface area (Å²) in [5, 5.41) is 0. The number of rotatable bonds is 6. The Bertz CT molecular complexity index is 788. The molecular formula is C20H20N2O3. The Balaban J connectivity index is 1.75. The Morgan fingerprint density at radius 1 is 0.880 bits per heavy atom. The van der Waals surface area contributed by atoms with E-state index in [0.29, 0.717) is 16.7 Å². The maximum absolute atomic E-state index is 12.5. The Kier molecular flexibility index (Phi) is 4.65. The minimum atomic E-state index is -0.409. The minimum Gasteiger partial charge on any atom is -0.372 e. The van der Waals surface area contributed by atoms with Crippen LogP contribution in [0.1, 0.15) is 44.9 Å². The molecule has 25 heavy (non-hydrogen) atoms. The molecule has 5 nitrogen and oxygen atoms in total. The molecule has 1 aliphatic heterocycles. The Morgan fingerprint density at radius 2 is 1.40 bits per heavy atom. The van der Waals surface area contributed by atoms with Crippen LogP contribution in [-0.4, -0.2) is 42.1 Å². The molecule has 2 amide bonds. The molecule has 2 aromatic rings. The van der Waals surface area contributed by atoms with Crippen LogP contribution in [0.4, 0.5) is 5.69 Å². The lowest BCUT2D eigenvalue weighted by atomic mass is 10.1. The Labute approximate surface area is 146 Å². The number of ketones is 1. The number of fused-ring (bicyclic) bond motifs is 1. The van der Waals surface area contributed by atoms with Crippen molar-refractivity contribution in [1.29, 1.82) is 0 Å². The predicted molar refractivity (Wildman–Crippen MR) is 96.1 cm³/mol. The summed E-state index contributed by atoms with van der Waals surface area (Å²) in [6.45, 7) is 5.68. The van der Waals surface area contributed by atoms with Gasteiger partial charge in [0.05, 0.1) is 17.7 Å². The van der Waals surface area contributed by atoms with E-state index in [4.69, 9.17) is 0 Å². The van der Waals surface area contributed by atoms with Crippen LogP contribution in [0.5, 0.6) is 0 Å². The van der Waals surface area contributed by atoms with Gasteiger partial charge < -0.3 is 4.90 Å². The third kappa shape index (κ3) is 3.05. The lowest BCUT2D eigenvalue weighted by molar-refractivity contribution is 0.0624. The summed E-state index contributed by atoms with van der Waals surface area (Å²) < 4.78 is 0. The van der Waals surface area contributed by atoms with Crippen molar-refractivity contribution in [1.82, 2.24) is 4.90 Å². The number of hydrogen-bond donors (Lipinski definition) is 0. The quantitative estimate of drug-likeness (QED) is 0.601. The van der Waals surface area contributed by atoms with Crippen molar-refractivity contribution < 1.29 is 14.4 Å². The van der Waals surface area contributed by atoms with Gasteiger partial charge in [-0.2, -0.15) is 0 Å². The summed E-state index contributed by atoms with van der Waals surface area (Å²) in [6.07, 6.45) is 0. The summed E-state index contributed by atoms with van der Waals surface area (Å²) >= 11 is 0. The lowest BCUT2D eigenvalue weighted by Crippen LogP contribution is -2.34. The predicted octanol–water partition coefficient (Wildman–Crippen LogP) is 3.01. The normalized spacial score (nSPS) is 13.1. The van der Waals surface area contributed by atoms with E-state index in [1.54, 1.807) is 36.4 Å². The van der Waals surface area contributed by atoms with E-state index in [9.17, 15) is 14.4 Å². The average molecular weight is 336 g/mol. The third-order valence-corrected chi connectivity index (χ3v) is 4.50. The number of nitrogens with zero attached hydrogens (tertiary/aromatic N) is 2. The van der Waals surface area contributed by atoms with Gasteiger partial charge in [0.1, 0.15) is 0 Å². The van der Waals surface area contributed by atoms with Crippen LogP contribution >= 0.6 is 0 Å².